The lowest BCUT2D eigenvalue weighted by Crippen LogP contribution is -2.21. The molecule has 0 spiro atoms. The molecular weight excluding hydrogens is 262 g/mol. The van der Waals surface area contributed by atoms with Crippen LogP contribution in [0.25, 0.3) is 6.08 Å². The Hall–Kier alpha value is -2.48. The molecule has 0 bridgehead atoms. The molecule has 1 aromatic carbocycles. The van der Waals surface area contributed by atoms with Crippen LogP contribution in [0.3, 0.4) is 0 Å². The minimum Gasteiger partial charge on any atom is -0.387 e. The van der Waals surface area contributed by atoms with E-state index in [0.717, 1.165) is 11.1 Å². The highest BCUT2D eigenvalue weighted by Gasteiger charge is 2.04. The first-order chi connectivity index (χ1) is 10.3. The summed E-state index contributed by atoms with van der Waals surface area (Å²) in [5, 5.41) is 21.8. The second-order valence-electron chi connectivity index (χ2n) is 4.59. The molecule has 2 aromatic rings. The number of rotatable bonds is 6. The highest BCUT2D eigenvalue weighted by molar-refractivity contribution is 5.51. The van der Waals surface area contributed by atoms with E-state index < -0.39 is 6.10 Å². The molecule has 21 heavy (non-hydrogen) atoms. The van der Waals surface area contributed by atoms with E-state index in [2.05, 4.69) is 16.4 Å². The smallest absolute Gasteiger partial charge is 0.0991 e. The van der Waals surface area contributed by atoms with Crippen LogP contribution in [0, 0.1) is 11.3 Å². The number of pyridine rings is 1. The summed E-state index contributed by atoms with van der Waals surface area (Å²) >= 11 is 0. The van der Waals surface area contributed by atoms with Crippen LogP contribution >= 0.6 is 0 Å². The Labute approximate surface area is 124 Å². The molecule has 1 unspecified atom stereocenters. The van der Waals surface area contributed by atoms with Crippen molar-refractivity contribution in [2.24, 2.45) is 0 Å². The molecule has 2 rings (SSSR count). The molecule has 4 heteroatoms. The summed E-state index contributed by atoms with van der Waals surface area (Å²) in [5.41, 5.74) is 2.56. The molecular formula is C17H17N3O. The van der Waals surface area contributed by atoms with Crippen molar-refractivity contribution in [3.8, 4) is 6.07 Å². The van der Waals surface area contributed by atoms with Crippen molar-refractivity contribution in [3.63, 3.8) is 0 Å². The quantitative estimate of drug-likeness (QED) is 0.796. The molecule has 0 fully saturated rings. The van der Waals surface area contributed by atoms with Crippen molar-refractivity contribution in [1.29, 1.82) is 5.26 Å². The highest BCUT2D eigenvalue weighted by Crippen LogP contribution is 2.09. The molecule has 0 aliphatic rings. The summed E-state index contributed by atoms with van der Waals surface area (Å²) in [6, 6.07) is 13.1. The van der Waals surface area contributed by atoms with Crippen LogP contribution in [0.5, 0.6) is 0 Å². The Kier molecular flexibility index (Phi) is 5.65. The fraction of sp³-hybridized carbons (Fsp3) is 0.176. The molecule has 0 saturated carbocycles. The maximum absolute atomic E-state index is 9.95. The number of benzene rings is 1. The topological polar surface area (TPSA) is 68.9 Å². The third-order valence-corrected chi connectivity index (χ3v) is 3.04. The first-order valence-corrected chi connectivity index (χ1v) is 6.75. The molecule has 4 nitrogen and oxygen atoms in total. The van der Waals surface area contributed by atoms with Gasteiger partial charge in [-0.15, -0.1) is 0 Å². The van der Waals surface area contributed by atoms with Crippen LogP contribution < -0.4 is 5.32 Å². The van der Waals surface area contributed by atoms with Crippen molar-refractivity contribution in [3.05, 3.63) is 71.6 Å². The van der Waals surface area contributed by atoms with Crippen molar-refractivity contribution in [2.45, 2.75) is 6.10 Å². The van der Waals surface area contributed by atoms with E-state index in [9.17, 15) is 5.11 Å². The summed E-state index contributed by atoms with van der Waals surface area (Å²) in [6.07, 6.45) is 6.77. The first kappa shape index (κ1) is 14.9. The number of nitriles is 1. The van der Waals surface area contributed by atoms with Gasteiger partial charge in [0.2, 0.25) is 0 Å². The van der Waals surface area contributed by atoms with Crippen molar-refractivity contribution < 1.29 is 5.11 Å². The Morgan fingerprint density at radius 1 is 1.19 bits per heavy atom. The van der Waals surface area contributed by atoms with Crippen LogP contribution in [0.15, 0.2) is 54.9 Å². The molecule has 0 amide bonds. The second kappa shape index (κ2) is 7.95. The zero-order valence-electron chi connectivity index (χ0n) is 11.6. The molecule has 0 saturated heterocycles. The summed E-state index contributed by atoms with van der Waals surface area (Å²) in [6.45, 7) is 1.16. The van der Waals surface area contributed by atoms with E-state index in [0.29, 0.717) is 18.7 Å². The van der Waals surface area contributed by atoms with Crippen molar-refractivity contribution >= 4 is 6.08 Å². The van der Waals surface area contributed by atoms with Crippen LogP contribution in [0.2, 0.25) is 0 Å². The number of nitrogens with one attached hydrogen (secondary N) is 1. The lowest BCUT2D eigenvalue weighted by molar-refractivity contribution is 0.176. The Bertz CT molecular complexity index is 615. The fourth-order valence-electron chi connectivity index (χ4n) is 1.87. The maximum atomic E-state index is 9.95. The van der Waals surface area contributed by atoms with Crippen LogP contribution in [-0.4, -0.2) is 23.2 Å². The highest BCUT2D eigenvalue weighted by atomic mass is 16.3. The normalized spacial score (nSPS) is 12.2. The molecule has 2 N–H and O–H groups in total. The third kappa shape index (κ3) is 4.84. The van der Waals surface area contributed by atoms with Crippen molar-refractivity contribution in [2.75, 3.05) is 13.1 Å². The Balaban J connectivity index is 1.74. The zero-order chi connectivity index (χ0) is 14.9. The van der Waals surface area contributed by atoms with E-state index in [-0.39, 0.29) is 0 Å². The molecule has 1 heterocycles. The van der Waals surface area contributed by atoms with Gasteiger partial charge in [-0.2, -0.15) is 5.26 Å². The fourth-order valence-corrected chi connectivity index (χ4v) is 1.87. The van der Waals surface area contributed by atoms with Crippen LogP contribution in [0.1, 0.15) is 22.8 Å². The van der Waals surface area contributed by atoms with Gasteiger partial charge in [0.25, 0.3) is 0 Å². The number of hydrogen-bond donors (Lipinski definition) is 2. The maximum Gasteiger partial charge on any atom is 0.0991 e. The van der Waals surface area contributed by atoms with Crippen molar-refractivity contribution in [1.82, 2.24) is 10.3 Å². The SMILES string of the molecule is N#Cc1ccc(/C=C/CNCC(O)c2ccncc2)cc1. The number of hydrogen-bond acceptors (Lipinski definition) is 4. The van der Waals surface area contributed by atoms with Crippen LogP contribution in [0.4, 0.5) is 0 Å². The summed E-state index contributed by atoms with van der Waals surface area (Å²) < 4.78 is 0. The Morgan fingerprint density at radius 2 is 1.90 bits per heavy atom. The average molecular weight is 279 g/mol. The first-order valence-electron chi connectivity index (χ1n) is 6.75. The largest absolute Gasteiger partial charge is 0.387 e. The van der Waals surface area contributed by atoms with Gasteiger partial charge in [-0.25, -0.2) is 0 Å². The van der Waals surface area contributed by atoms with E-state index in [4.69, 9.17) is 5.26 Å². The molecule has 1 atom stereocenters. The number of aromatic nitrogens is 1. The molecule has 0 aliphatic heterocycles. The number of nitrogens with zero attached hydrogens (tertiary/aromatic N) is 2. The molecule has 1 aromatic heterocycles. The monoisotopic (exact) mass is 279 g/mol. The van der Waals surface area contributed by atoms with Gasteiger partial charge < -0.3 is 10.4 Å². The van der Waals surface area contributed by atoms with Gasteiger partial charge in [-0.1, -0.05) is 24.3 Å². The predicted molar refractivity (Wildman–Crippen MR) is 82.3 cm³/mol. The second-order valence-corrected chi connectivity index (χ2v) is 4.59. The lowest BCUT2D eigenvalue weighted by Gasteiger charge is -2.10. The van der Waals surface area contributed by atoms with Gasteiger partial charge in [0.05, 0.1) is 17.7 Å². The van der Waals surface area contributed by atoms with Gasteiger partial charge in [-0.3, -0.25) is 4.98 Å². The van der Waals surface area contributed by atoms with E-state index in [1.54, 1.807) is 36.7 Å². The van der Waals surface area contributed by atoms with E-state index in [1.807, 2.05) is 24.3 Å². The van der Waals surface area contributed by atoms with Crippen LogP contribution in [-0.2, 0) is 0 Å². The third-order valence-electron chi connectivity index (χ3n) is 3.04. The van der Waals surface area contributed by atoms with Gasteiger partial charge in [0.1, 0.15) is 0 Å². The average Bonchev–Trinajstić information content (AvgIpc) is 2.55. The summed E-state index contributed by atoms with van der Waals surface area (Å²) in [5.74, 6) is 0. The number of aliphatic hydroxyl groups excluding tert-OH is 1. The summed E-state index contributed by atoms with van der Waals surface area (Å²) in [7, 11) is 0. The lowest BCUT2D eigenvalue weighted by atomic mass is 10.1. The van der Waals surface area contributed by atoms with Gasteiger partial charge in [0.15, 0.2) is 0 Å². The zero-order valence-corrected chi connectivity index (χ0v) is 11.6. The molecule has 106 valence electrons. The predicted octanol–water partition coefficient (Wildman–Crippen LogP) is 2.29. The Morgan fingerprint density at radius 3 is 2.57 bits per heavy atom. The molecule has 0 aliphatic carbocycles. The molecule has 0 radical (unpaired) electrons. The minimum atomic E-state index is -0.531. The van der Waals surface area contributed by atoms with E-state index >= 15 is 0 Å². The minimum absolute atomic E-state index is 0.488. The van der Waals surface area contributed by atoms with Gasteiger partial charge >= 0.3 is 0 Å². The van der Waals surface area contributed by atoms with Gasteiger partial charge in [0, 0.05) is 25.5 Å². The summed E-state index contributed by atoms with van der Waals surface area (Å²) in [4.78, 5) is 3.92. The van der Waals surface area contributed by atoms with Gasteiger partial charge in [-0.05, 0) is 35.4 Å². The van der Waals surface area contributed by atoms with E-state index in [1.165, 1.54) is 0 Å². The number of aliphatic hydroxyl groups is 1. The standard InChI is InChI=1S/C17H17N3O/c18-12-15-5-3-14(4-6-15)2-1-9-20-13-17(21)16-7-10-19-11-8-16/h1-8,10-11,17,20-21H,9,13H2/b2-1+.